The SMILES string of the molecule is O=c1c2cc(F)ccc2sc2cnc3cccc(NCc4ccccc4)c3c12. The minimum Gasteiger partial charge on any atom is -0.380 e. The highest BCUT2D eigenvalue weighted by Crippen LogP contribution is 2.33. The number of nitrogens with zero attached hydrogens (tertiary/aromatic N) is 1. The summed E-state index contributed by atoms with van der Waals surface area (Å²) >= 11 is 1.46. The van der Waals surface area contributed by atoms with E-state index in [0.29, 0.717) is 17.3 Å². The first-order chi connectivity index (χ1) is 13.7. The zero-order valence-corrected chi connectivity index (χ0v) is 15.6. The molecule has 5 heteroatoms. The van der Waals surface area contributed by atoms with Crippen LogP contribution in [-0.4, -0.2) is 4.98 Å². The van der Waals surface area contributed by atoms with E-state index >= 15 is 0 Å². The Labute approximate surface area is 164 Å². The van der Waals surface area contributed by atoms with Crippen LogP contribution in [0.2, 0.25) is 0 Å². The number of rotatable bonds is 3. The van der Waals surface area contributed by atoms with Gasteiger partial charge in [0.25, 0.3) is 0 Å². The molecule has 5 aromatic rings. The van der Waals surface area contributed by atoms with Gasteiger partial charge in [-0.25, -0.2) is 4.39 Å². The Kier molecular flexibility index (Phi) is 4.02. The molecular formula is C23H15FN2OS. The van der Waals surface area contributed by atoms with Crippen molar-refractivity contribution >= 4 is 48.1 Å². The average Bonchev–Trinajstić information content (AvgIpc) is 2.73. The van der Waals surface area contributed by atoms with Crippen LogP contribution < -0.4 is 10.7 Å². The van der Waals surface area contributed by atoms with Crippen LogP contribution in [-0.2, 0) is 6.54 Å². The van der Waals surface area contributed by atoms with Crippen molar-refractivity contribution in [3.63, 3.8) is 0 Å². The number of nitrogens with one attached hydrogen (secondary N) is 1. The quantitative estimate of drug-likeness (QED) is 0.319. The lowest BCUT2D eigenvalue weighted by atomic mass is 10.1. The van der Waals surface area contributed by atoms with Gasteiger partial charge in [0.1, 0.15) is 5.82 Å². The summed E-state index contributed by atoms with van der Waals surface area (Å²) in [6.45, 7) is 0.635. The second-order valence-corrected chi connectivity index (χ2v) is 7.69. The summed E-state index contributed by atoms with van der Waals surface area (Å²) in [5, 5.41) is 5.21. The second kappa shape index (κ2) is 6.69. The lowest BCUT2D eigenvalue weighted by Gasteiger charge is -2.12. The van der Waals surface area contributed by atoms with Crippen LogP contribution in [0.4, 0.5) is 10.1 Å². The molecule has 5 rings (SSSR count). The average molecular weight is 386 g/mol. The van der Waals surface area contributed by atoms with Crippen LogP contribution in [0, 0.1) is 5.82 Å². The van der Waals surface area contributed by atoms with E-state index in [2.05, 4.69) is 10.3 Å². The predicted octanol–water partition coefficient (Wildman–Crippen LogP) is 5.71. The molecular weight excluding hydrogens is 371 g/mol. The van der Waals surface area contributed by atoms with Crippen molar-refractivity contribution < 1.29 is 4.39 Å². The van der Waals surface area contributed by atoms with Crippen molar-refractivity contribution in [3.05, 3.63) is 94.5 Å². The number of pyridine rings is 1. The number of fused-ring (bicyclic) bond motifs is 4. The van der Waals surface area contributed by atoms with E-state index in [1.807, 2.05) is 48.5 Å². The third-order valence-electron chi connectivity index (χ3n) is 4.82. The van der Waals surface area contributed by atoms with E-state index in [4.69, 9.17) is 0 Å². The molecule has 2 heterocycles. The number of benzene rings is 3. The maximum atomic E-state index is 13.8. The first-order valence-corrected chi connectivity index (χ1v) is 9.74. The highest BCUT2D eigenvalue weighted by molar-refractivity contribution is 7.24. The molecule has 0 fully saturated rings. The van der Waals surface area contributed by atoms with Gasteiger partial charge in [-0.3, -0.25) is 9.78 Å². The molecule has 28 heavy (non-hydrogen) atoms. The second-order valence-electron chi connectivity index (χ2n) is 6.61. The van der Waals surface area contributed by atoms with Crippen molar-refractivity contribution in [1.82, 2.24) is 4.98 Å². The van der Waals surface area contributed by atoms with Gasteiger partial charge in [0.15, 0.2) is 5.43 Å². The van der Waals surface area contributed by atoms with Gasteiger partial charge in [0.2, 0.25) is 0 Å². The van der Waals surface area contributed by atoms with E-state index in [0.717, 1.165) is 31.6 Å². The number of aromatic nitrogens is 1. The predicted molar refractivity (Wildman–Crippen MR) is 115 cm³/mol. The van der Waals surface area contributed by atoms with E-state index in [-0.39, 0.29) is 5.43 Å². The minimum atomic E-state index is -0.406. The monoisotopic (exact) mass is 386 g/mol. The molecule has 0 aliphatic rings. The standard InChI is InChI=1S/C23H15FN2OS/c24-15-9-10-19-16(11-15)23(27)22-20(28-19)13-26-18-8-4-7-17(21(18)22)25-12-14-5-2-1-3-6-14/h1-11,13,25H,12H2. The minimum absolute atomic E-state index is 0.162. The summed E-state index contributed by atoms with van der Waals surface area (Å²) in [5.74, 6) is -0.406. The van der Waals surface area contributed by atoms with Gasteiger partial charge in [-0.15, -0.1) is 11.3 Å². The van der Waals surface area contributed by atoms with Crippen molar-refractivity contribution in [2.75, 3.05) is 5.32 Å². The van der Waals surface area contributed by atoms with Crippen LogP contribution in [0.5, 0.6) is 0 Å². The van der Waals surface area contributed by atoms with Crippen LogP contribution in [0.25, 0.3) is 31.1 Å². The summed E-state index contributed by atoms with van der Waals surface area (Å²) in [5.41, 5.74) is 2.57. The molecule has 0 saturated carbocycles. The van der Waals surface area contributed by atoms with Crippen molar-refractivity contribution in [2.45, 2.75) is 6.54 Å². The fourth-order valence-electron chi connectivity index (χ4n) is 3.49. The zero-order chi connectivity index (χ0) is 19.1. The normalized spacial score (nSPS) is 11.3. The third-order valence-corrected chi connectivity index (χ3v) is 5.92. The van der Waals surface area contributed by atoms with Crippen molar-refractivity contribution in [3.8, 4) is 0 Å². The van der Waals surface area contributed by atoms with E-state index < -0.39 is 5.82 Å². The molecule has 0 radical (unpaired) electrons. The van der Waals surface area contributed by atoms with Gasteiger partial charge in [-0.2, -0.15) is 0 Å². The summed E-state index contributed by atoms with van der Waals surface area (Å²) < 4.78 is 15.3. The number of hydrogen-bond donors (Lipinski definition) is 1. The van der Waals surface area contributed by atoms with Gasteiger partial charge in [-0.05, 0) is 35.9 Å². The van der Waals surface area contributed by atoms with Gasteiger partial charge in [0, 0.05) is 33.9 Å². The van der Waals surface area contributed by atoms with Crippen LogP contribution >= 0.6 is 11.3 Å². The zero-order valence-electron chi connectivity index (χ0n) is 14.8. The smallest absolute Gasteiger partial charge is 0.196 e. The Morgan fingerprint density at radius 3 is 2.64 bits per heavy atom. The summed E-state index contributed by atoms with van der Waals surface area (Å²) in [7, 11) is 0. The molecule has 3 nitrogen and oxygen atoms in total. The summed E-state index contributed by atoms with van der Waals surface area (Å²) in [6.07, 6.45) is 1.73. The highest BCUT2D eigenvalue weighted by Gasteiger charge is 2.14. The van der Waals surface area contributed by atoms with Crippen molar-refractivity contribution in [2.24, 2.45) is 0 Å². The molecule has 0 amide bonds. The maximum Gasteiger partial charge on any atom is 0.196 e. The Bertz CT molecular complexity index is 1400. The molecule has 2 aromatic heterocycles. The molecule has 0 spiro atoms. The fraction of sp³-hybridized carbons (Fsp3) is 0.0435. The van der Waals surface area contributed by atoms with Gasteiger partial charge < -0.3 is 5.32 Å². The van der Waals surface area contributed by atoms with Crippen LogP contribution in [0.3, 0.4) is 0 Å². The number of anilines is 1. The Balaban J connectivity index is 1.77. The molecule has 0 bridgehead atoms. The lowest BCUT2D eigenvalue weighted by molar-refractivity contribution is 0.630. The van der Waals surface area contributed by atoms with E-state index in [9.17, 15) is 9.18 Å². The molecule has 0 unspecified atom stereocenters. The Hall–Kier alpha value is -3.31. The summed E-state index contributed by atoms with van der Waals surface area (Å²) in [6, 6.07) is 20.2. The molecule has 0 aliphatic carbocycles. The van der Waals surface area contributed by atoms with E-state index in [1.54, 1.807) is 12.3 Å². The molecule has 0 aliphatic heterocycles. The molecule has 0 saturated heterocycles. The van der Waals surface area contributed by atoms with Crippen LogP contribution in [0.1, 0.15) is 5.56 Å². The topological polar surface area (TPSA) is 42.0 Å². The summed E-state index contributed by atoms with van der Waals surface area (Å²) in [4.78, 5) is 17.8. The third kappa shape index (κ3) is 2.80. The van der Waals surface area contributed by atoms with E-state index in [1.165, 1.54) is 23.5 Å². The number of halogens is 1. The Morgan fingerprint density at radius 2 is 1.79 bits per heavy atom. The lowest BCUT2D eigenvalue weighted by Crippen LogP contribution is -2.05. The number of hydrogen-bond acceptors (Lipinski definition) is 4. The van der Waals surface area contributed by atoms with Crippen LogP contribution in [0.15, 0.2) is 77.7 Å². The first-order valence-electron chi connectivity index (χ1n) is 8.92. The Morgan fingerprint density at radius 1 is 0.929 bits per heavy atom. The van der Waals surface area contributed by atoms with Crippen molar-refractivity contribution in [1.29, 1.82) is 0 Å². The maximum absolute atomic E-state index is 13.8. The van der Waals surface area contributed by atoms with Gasteiger partial charge in [0.05, 0.1) is 15.6 Å². The molecule has 3 aromatic carbocycles. The fourth-order valence-corrected chi connectivity index (χ4v) is 4.53. The largest absolute Gasteiger partial charge is 0.380 e. The first kappa shape index (κ1) is 16.8. The molecule has 1 N–H and O–H groups in total. The molecule has 0 atom stereocenters. The van der Waals surface area contributed by atoms with Gasteiger partial charge >= 0.3 is 0 Å². The van der Waals surface area contributed by atoms with Gasteiger partial charge in [-0.1, -0.05) is 36.4 Å². The molecule has 136 valence electrons. The highest BCUT2D eigenvalue weighted by atomic mass is 32.1.